The third-order valence-corrected chi connectivity index (χ3v) is 9.81. The van der Waals surface area contributed by atoms with Crippen molar-refractivity contribution in [1.29, 1.82) is 0 Å². The predicted octanol–water partition coefficient (Wildman–Crippen LogP) is 2.87. The standard InChI is InChI=1S/C32H46O9/c1-5-26-21(16-33)11-12-31(41-26)15-24-14-23(40-31)10-9-19(3)27(34)18(2)7-6-8-22-17-38-29-28(35)20(4)13-25(30(36)39-24)32(22,29)37/h6-9,13,18,21,23-29,33-35,37H,5,10-12,14-17H2,1-4H3/b7-6+,19-9+,22-8+/t18-,21+,23+,24-,25-,26+,27+,28-,29+,31+,32+/m0/s1. The fraction of sp³-hybridized carbons (Fsp3) is 0.719. The molecule has 4 N–H and O–H groups in total. The second kappa shape index (κ2) is 12.0. The van der Waals surface area contributed by atoms with Crippen molar-refractivity contribution in [2.75, 3.05) is 13.2 Å². The van der Waals surface area contributed by atoms with Gasteiger partial charge < -0.3 is 39.4 Å². The van der Waals surface area contributed by atoms with Gasteiger partial charge in [-0.15, -0.1) is 0 Å². The lowest BCUT2D eigenvalue weighted by molar-refractivity contribution is -0.337. The Morgan fingerprint density at radius 1 is 1.10 bits per heavy atom. The summed E-state index contributed by atoms with van der Waals surface area (Å²) in [5.74, 6) is -2.80. The fourth-order valence-electron chi connectivity index (χ4n) is 7.25. The average molecular weight is 575 g/mol. The molecule has 41 heavy (non-hydrogen) atoms. The third kappa shape index (κ3) is 5.75. The SMILES string of the molecule is CC[C@H]1O[C@]2(CC[C@@H]1CO)C[C@@H]1C[C@@H](C/C=C(\C)[C@H](O)[C@@H](C)/C=C/C=C3\CO[C@@H]4[C@@H](O)C(C)=C[C@@H](C(=O)O1)[C@]34O)O2. The van der Waals surface area contributed by atoms with Gasteiger partial charge in [-0.1, -0.05) is 44.2 Å². The van der Waals surface area contributed by atoms with Crippen LogP contribution in [-0.4, -0.2) is 87.6 Å². The molecule has 4 aliphatic heterocycles. The highest BCUT2D eigenvalue weighted by atomic mass is 16.7. The summed E-state index contributed by atoms with van der Waals surface area (Å²) in [6.07, 6.45) is 8.41. The van der Waals surface area contributed by atoms with Crippen molar-refractivity contribution < 1.29 is 44.2 Å². The number of aliphatic hydroxyl groups excluding tert-OH is 3. The summed E-state index contributed by atoms with van der Waals surface area (Å²) >= 11 is 0. The monoisotopic (exact) mass is 574 g/mol. The van der Waals surface area contributed by atoms with Gasteiger partial charge in [-0.3, -0.25) is 4.79 Å². The Labute approximate surface area is 242 Å². The number of rotatable bonds is 2. The van der Waals surface area contributed by atoms with Crippen molar-refractivity contribution in [3.8, 4) is 0 Å². The van der Waals surface area contributed by atoms with E-state index in [1.807, 2.05) is 32.9 Å². The zero-order valence-corrected chi connectivity index (χ0v) is 24.6. The van der Waals surface area contributed by atoms with E-state index in [0.717, 1.165) is 18.4 Å². The Hall–Kier alpha value is -1.85. The minimum absolute atomic E-state index is 0.0218. The predicted molar refractivity (Wildman–Crippen MR) is 150 cm³/mol. The van der Waals surface area contributed by atoms with Crippen LogP contribution in [0.15, 0.2) is 47.1 Å². The van der Waals surface area contributed by atoms with Gasteiger partial charge in [-0.2, -0.15) is 0 Å². The van der Waals surface area contributed by atoms with E-state index in [1.54, 1.807) is 25.2 Å². The summed E-state index contributed by atoms with van der Waals surface area (Å²) in [6.45, 7) is 7.65. The molecule has 1 aliphatic carbocycles. The molecule has 0 unspecified atom stereocenters. The molecule has 0 aromatic heterocycles. The molecule has 4 heterocycles. The van der Waals surface area contributed by atoms with Crippen LogP contribution in [-0.2, 0) is 23.7 Å². The Bertz CT molecular complexity index is 1110. The third-order valence-electron chi connectivity index (χ3n) is 9.81. The molecule has 0 aromatic carbocycles. The maximum atomic E-state index is 13.9. The molecule has 5 aliphatic rings. The summed E-state index contributed by atoms with van der Waals surface area (Å²) < 4.78 is 25.2. The Morgan fingerprint density at radius 3 is 2.61 bits per heavy atom. The number of allylic oxidation sites excluding steroid dienone is 2. The lowest BCUT2D eigenvalue weighted by Gasteiger charge is -2.50. The van der Waals surface area contributed by atoms with E-state index in [0.29, 0.717) is 36.8 Å². The van der Waals surface area contributed by atoms with Crippen molar-refractivity contribution in [1.82, 2.24) is 0 Å². The molecule has 9 nitrogen and oxygen atoms in total. The van der Waals surface area contributed by atoms with Crippen LogP contribution in [0.25, 0.3) is 0 Å². The molecule has 0 radical (unpaired) electrons. The van der Waals surface area contributed by atoms with Crippen LogP contribution in [0.5, 0.6) is 0 Å². The molecule has 3 fully saturated rings. The molecule has 0 saturated carbocycles. The first-order valence-corrected chi connectivity index (χ1v) is 15.1. The zero-order chi connectivity index (χ0) is 29.5. The zero-order valence-electron chi connectivity index (χ0n) is 24.6. The summed E-state index contributed by atoms with van der Waals surface area (Å²) in [7, 11) is 0. The van der Waals surface area contributed by atoms with E-state index in [2.05, 4.69) is 0 Å². The lowest BCUT2D eigenvalue weighted by Crippen LogP contribution is -2.58. The molecule has 0 aromatic rings. The van der Waals surface area contributed by atoms with E-state index < -0.39 is 47.7 Å². The maximum Gasteiger partial charge on any atom is 0.316 e. The molecule has 0 amide bonds. The first-order chi connectivity index (χ1) is 19.5. The van der Waals surface area contributed by atoms with Crippen molar-refractivity contribution in [3.63, 3.8) is 0 Å². The van der Waals surface area contributed by atoms with Crippen LogP contribution in [0.4, 0.5) is 0 Å². The molecule has 11 atom stereocenters. The second-order valence-electron chi connectivity index (χ2n) is 12.6. The van der Waals surface area contributed by atoms with Crippen molar-refractivity contribution in [2.45, 2.75) is 114 Å². The van der Waals surface area contributed by atoms with Crippen LogP contribution >= 0.6 is 0 Å². The number of carbonyl (C=O) groups is 1. The van der Waals surface area contributed by atoms with Gasteiger partial charge in [0.25, 0.3) is 0 Å². The lowest BCUT2D eigenvalue weighted by atomic mass is 9.71. The summed E-state index contributed by atoms with van der Waals surface area (Å²) in [4.78, 5) is 13.9. The van der Waals surface area contributed by atoms with Crippen LogP contribution in [0.2, 0.25) is 0 Å². The molecular weight excluding hydrogens is 528 g/mol. The van der Waals surface area contributed by atoms with Crippen LogP contribution in [0, 0.1) is 17.8 Å². The highest BCUT2D eigenvalue weighted by molar-refractivity contribution is 5.78. The highest BCUT2D eigenvalue weighted by Gasteiger charge is 2.60. The quantitative estimate of drug-likeness (QED) is 0.290. The van der Waals surface area contributed by atoms with Gasteiger partial charge in [-0.05, 0) is 49.8 Å². The van der Waals surface area contributed by atoms with Gasteiger partial charge in [0.15, 0.2) is 5.79 Å². The van der Waals surface area contributed by atoms with Crippen LogP contribution in [0.1, 0.15) is 66.2 Å². The van der Waals surface area contributed by atoms with Crippen LogP contribution < -0.4 is 0 Å². The summed E-state index contributed by atoms with van der Waals surface area (Å²) in [5.41, 5.74) is 0.0552. The van der Waals surface area contributed by atoms with E-state index in [4.69, 9.17) is 18.9 Å². The van der Waals surface area contributed by atoms with E-state index in [1.165, 1.54) is 0 Å². The minimum atomic E-state index is -1.78. The van der Waals surface area contributed by atoms with Crippen molar-refractivity contribution in [3.05, 3.63) is 47.1 Å². The number of esters is 1. The fourth-order valence-corrected chi connectivity index (χ4v) is 7.25. The van der Waals surface area contributed by atoms with E-state index in [-0.39, 0.29) is 37.3 Å². The second-order valence-corrected chi connectivity index (χ2v) is 12.6. The largest absolute Gasteiger partial charge is 0.462 e. The molecular formula is C32H46O9. The van der Waals surface area contributed by atoms with E-state index >= 15 is 0 Å². The highest BCUT2D eigenvalue weighted by Crippen LogP contribution is 2.47. The molecule has 3 saturated heterocycles. The van der Waals surface area contributed by atoms with Crippen molar-refractivity contribution >= 4 is 5.97 Å². The number of ether oxygens (including phenoxy) is 4. The molecule has 1 spiro atoms. The van der Waals surface area contributed by atoms with Gasteiger partial charge in [0.2, 0.25) is 0 Å². The minimum Gasteiger partial charge on any atom is -0.462 e. The summed E-state index contributed by atoms with van der Waals surface area (Å²) in [5, 5.41) is 43.8. The number of hydrogen-bond donors (Lipinski definition) is 4. The number of aliphatic hydroxyl groups is 4. The van der Waals surface area contributed by atoms with Gasteiger partial charge >= 0.3 is 5.97 Å². The van der Waals surface area contributed by atoms with Crippen LogP contribution in [0.3, 0.4) is 0 Å². The van der Waals surface area contributed by atoms with Gasteiger partial charge in [0.1, 0.15) is 29.8 Å². The smallest absolute Gasteiger partial charge is 0.316 e. The van der Waals surface area contributed by atoms with Crippen molar-refractivity contribution in [2.24, 2.45) is 17.8 Å². The first kappa shape index (κ1) is 30.6. The Morgan fingerprint density at radius 2 is 1.88 bits per heavy atom. The normalized spacial score (nSPS) is 48.7. The number of hydrogen-bond acceptors (Lipinski definition) is 9. The molecule has 9 heteroatoms. The molecule has 2 bridgehead atoms. The maximum absolute atomic E-state index is 13.9. The first-order valence-electron chi connectivity index (χ1n) is 15.1. The average Bonchev–Trinajstić information content (AvgIpc) is 3.29. The number of fused-ring (bicyclic) bond motifs is 2. The Balaban J connectivity index is 1.52. The molecule has 228 valence electrons. The topological polar surface area (TPSA) is 135 Å². The van der Waals surface area contributed by atoms with Gasteiger partial charge in [-0.25, -0.2) is 0 Å². The summed E-state index contributed by atoms with van der Waals surface area (Å²) in [6, 6.07) is 0. The Kier molecular flexibility index (Phi) is 8.98. The molecule has 5 rings (SSSR count). The van der Waals surface area contributed by atoms with Gasteiger partial charge in [0, 0.05) is 37.7 Å². The van der Waals surface area contributed by atoms with E-state index in [9.17, 15) is 25.2 Å². The van der Waals surface area contributed by atoms with Gasteiger partial charge in [0.05, 0.1) is 24.9 Å². The number of carbonyl (C=O) groups excluding carboxylic acids is 1.